The fourth-order valence-corrected chi connectivity index (χ4v) is 3.91. The minimum atomic E-state index is -0.455. The van der Waals surface area contributed by atoms with Gasteiger partial charge in [-0.05, 0) is 31.9 Å². The Hall–Kier alpha value is -3.26. The lowest BCUT2D eigenvalue weighted by Gasteiger charge is -2.08. The molecule has 0 bridgehead atoms. The lowest BCUT2D eigenvalue weighted by atomic mass is 10.1. The maximum absolute atomic E-state index is 12.4. The average molecular weight is 423 g/mol. The molecule has 0 unspecified atom stereocenters. The number of thiazole rings is 1. The number of hydrogen-bond acceptors (Lipinski definition) is 6. The molecule has 0 atom stereocenters. The van der Waals surface area contributed by atoms with Gasteiger partial charge in [0.1, 0.15) is 10.7 Å². The Bertz CT molecular complexity index is 1070. The van der Waals surface area contributed by atoms with Crippen LogP contribution in [-0.4, -0.2) is 28.4 Å². The molecule has 7 nitrogen and oxygen atoms in total. The quantitative estimate of drug-likeness (QED) is 0.409. The molecule has 0 aliphatic heterocycles. The van der Waals surface area contributed by atoms with E-state index in [9.17, 15) is 14.9 Å². The van der Waals surface area contributed by atoms with Crippen LogP contribution in [0.25, 0.3) is 10.6 Å². The first kappa shape index (κ1) is 20.0. The van der Waals surface area contributed by atoms with Gasteiger partial charge in [0.25, 0.3) is 11.6 Å². The summed E-state index contributed by atoms with van der Waals surface area (Å²) in [7, 11) is 0. The van der Waals surface area contributed by atoms with Gasteiger partial charge in [-0.15, -0.1) is 11.3 Å². The zero-order valence-electron chi connectivity index (χ0n) is 16.6. The number of aromatic nitrogens is 1. The molecule has 1 aromatic heterocycles. The van der Waals surface area contributed by atoms with E-state index in [4.69, 9.17) is 0 Å². The van der Waals surface area contributed by atoms with E-state index in [2.05, 4.69) is 27.8 Å². The zero-order chi connectivity index (χ0) is 21.1. The average Bonchev–Trinajstić information content (AvgIpc) is 3.43. The van der Waals surface area contributed by atoms with Gasteiger partial charge in [-0.2, -0.15) is 0 Å². The monoisotopic (exact) mass is 422 g/mol. The highest BCUT2D eigenvalue weighted by Gasteiger charge is 2.25. The van der Waals surface area contributed by atoms with E-state index in [1.54, 1.807) is 23.5 Å². The third-order valence-electron chi connectivity index (χ3n) is 4.91. The standard InChI is InChI=1S/C22H22N4O3S/c1-14-2-4-15(5-3-14)22-25-18(13-30-22)10-11-23-21(27)16-6-9-19(24-17-7-8-17)20(12-16)26(28)29/h2-6,9,12-13,17,24H,7-8,10-11H2,1H3,(H,23,27). The molecule has 0 saturated heterocycles. The second-order valence-electron chi connectivity index (χ2n) is 7.42. The summed E-state index contributed by atoms with van der Waals surface area (Å²) < 4.78 is 0. The van der Waals surface area contributed by atoms with Crippen LogP contribution in [0.2, 0.25) is 0 Å². The Kier molecular flexibility index (Phi) is 5.76. The first-order chi connectivity index (χ1) is 14.5. The molecule has 2 N–H and O–H groups in total. The number of nitrogens with one attached hydrogen (secondary N) is 2. The van der Waals surface area contributed by atoms with E-state index in [1.165, 1.54) is 11.6 Å². The van der Waals surface area contributed by atoms with Crippen LogP contribution in [0.4, 0.5) is 11.4 Å². The van der Waals surface area contributed by atoms with Gasteiger partial charge in [-0.1, -0.05) is 29.8 Å². The molecule has 0 spiro atoms. The van der Waals surface area contributed by atoms with Gasteiger partial charge in [0.15, 0.2) is 0 Å². The van der Waals surface area contributed by atoms with Crippen LogP contribution in [-0.2, 0) is 6.42 Å². The Balaban J connectivity index is 1.35. The maximum Gasteiger partial charge on any atom is 0.293 e. The number of nitro groups is 1. The minimum Gasteiger partial charge on any atom is -0.377 e. The summed E-state index contributed by atoms with van der Waals surface area (Å²) in [4.78, 5) is 28.0. The van der Waals surface area contributed by atoms with Crippen LogP contribution in [0.15, 0.2) is 47.8 Å². The van der Waals surface area contributed by atoms with Crippen LogP contribution >= 0.6 is 11.3 Å². The van der Waals surface area contributed by atoms with Crippen LogP contribution in [0, 0.1) is 17.0 Å². The number of nitrogens with zero attached hydrogens (tertiary/aromatic N) is 2. The molecule has 1 saturated carbocycles. The third-order valence-corrected chi connectivity index (χ3v) is 5.85. The smallest absolute Gasteiger partial charge is 0.293 e. The Morgan fingerprint density at radius 1 is 1.23 bits per heavy atom. The van der Waals surface area contributed by atoms with Gasteiger partial charge in [0.2, 0.25) is 0 Å². The van der Waals surface area contributed by atoms with Crippen molar-refractivity contribution in [1.29, 1.82) is 0 Å². The summed E-state index contributed by atoms with van der Waals surface area (Å²) in [5, 5.41) is 20.3. The summed E-state index contributed by atoms with van der Waals surface area (Å²) in [6.07, 6.45) is 2.63. The molecule has 1 amide bonds. The van der Waals surface area contributed by atoms with Crippen molar-refractivity contribution in [3.63, 3.8) is 0 Å². The molecule has 1 aliphatic rings. The van der Waals surface area contributed by atoms with Crippen molar-refractivity contribution < 1.29 is 9.72 Å². The number of amides is 1. The van der Waals surface area contributed by atoms with Gasteiger partial charge in [-0.3, -0.25) is 14.9 Å². The Morgan fingerprint density at radius 3 is 2.70 bits per heavy atom. The van der Waals surface area contributed by atoms with Gasteiger partial charge in [-0.25, -0.2) is 4.98 Å². The molecular weight excluding hydrogens is 400 g/mol. The minimum absolute atomic E-state index is 0.0724. The van der Waals surface area contributed by atoms with Crippen molar-refractivity contribution in [1.82, 2.24) is 10.3 Å². The number of aryl methyl sites for hydroxylation is 1. The highest BCUT2D eigenvalue weighted by Crippen LogP contribution is 2.31. The van der Waals surface area contributed by atoms with Crippen molar-refractivity contribution in [2.75, 3.05) is 11.9 Å². The molecule has 2 aromatic carbocycles. The van der Waals surface area contributed by atoms with E-state index in [-0.39, 0.29) is 17.2 Å². The number of carbonyl (C=O) groups is 1. The maximum atomic E-state index is 12.4. The first-order valence-corrected chi connectivity index (χ1v) is 10.7. The van der Waals surface area contributed by atoms with Crippen molar-refractivity contribution in [3.8, 4) is 10.6 Å². The van der Waals surface area contributed by atoms with Crippen molar-refractivity contribution >= 4 is 28.6 Å². The second kappa shape index (κ2) is 8.62. The number of rotatable bonds is 8. The van der Waals surface area contributed by atoms with Crippen molar-refractivity contribution in [2.45, 2.75) is 32.2 Å². The number of carbonyl (C=O) groups excluding carboxylic acids is 1. The van der Waals surface area contributed by atoms with E-state index in [0.29, 0.717) is 24.7 Å². The van der Waals surface area contributed by atoms with E-state index < -0.39 is 4.92 Å². The van der Waals surface area contributed by atoms with Gasteiger partial charge in [0, 0.05) is 41.6 Å². The van der Waals surface area contributed by atoms with Gasteiger partial charge >= 0.3 is 0 Å². The summed E-state index contributed by atoms with van der Waals surface area (Å²) >= 11 is 1.57. The SMILES string of the molecule is Cc1ccc(-c2nc(CCNC(=O)c3ccc(NC4CC4)c([N+](=O)[O-])c3)cs2)cc1. The van der Waals surface area contributed by atoms with Crippen LogP contribution in [0.5, 0.6) is 0 Å². The Labute approximate surface area is 178 Å². The highest BCUT2D eigenvalue weighted by molar-refractivity contribution is 7.13. The summed E-state index contributed by atoms with van der Waals surface area (Å²) in [6.45, 7) is 2.46. The number of anilines is 1. The Morgan fingerprint density at radius 2 is 2.00 bits per heavy atom. The normalized spacial score (nSPS) is 13.1. The molecule has 4 rings (SSSR count). The van der Waals surface area contributed by atoms with Gasteiger partial charge in [0.05, 0.1) is 10.6 Å². The van der Waals surface area contributed by atoms with Crippen molar-refractivity contribution in [2.24, 2.45) is 0 Å². The molecule has 30 heavy (non-hydrogen) atoms. The first-order valence-electron chi connectivity index (χ1n) is 9.84. The predicted octanol–water partition coefficient (Wildman–Crippen LogP) is 4.57. The summed E-state index contributed by atoms with van der Waals surface area (Å²) in [6, 6.07) is 13.1. The van der Waals surface area contributed by atoms with Crippen LogP contribution in [0.1, 0.15) is 34.5 Å². The van der Waals surface area contributed by atoms with Gasteiger partial charge < -0.3 is 10.6 Å². The molecule has 1 fully saturated rings. The lowest BCUT2D eigenvalue weighted by molar-refractivity contribution is -0.384. The largest absolute Gasteiger partial charge is 0.377 e. The predicted molar refractivity (Wildman–Crippen MR) is 118 cm³/mol. The summed E-state index contributed by atoms with van der Waals surface area (Å²) in [5.74, 6) is -0.329. The second-order valence-corrected chi connectivity index (χ2v) is 8.28. The van der Waals surface area contributed by atoms with Crippen molar-refractivity contribution in [3.05, 3.63) is 74.8 Å². The molecule has 154 valence electrons. The molecule has 3 aromatic rings. The number of hydrogen-bond donors (Lipinski definition) is 2. The molecule has 8 heteroatoms. The number of benzene rings is 2. The molecule has 0 radical (unpaired) electrons. The fourth-order valence-electron chi connectivity index (χ4n) is 3.05. The van der Waals surface area contributed by atoms with Crippen LogP contribution < -0.4 is 10.6 Å². The summed E-state index contributed by atoms with van der Waals surface area (Å²) in [5.41, 5.74) is 3.86. The molecule has 1 aliphatic carbocycles. The number of nitro benzene ring substituents is 1. The molecule has 1 heterocycles. The van der Waals surface area contributed by atoms with Crippen LogP contribution in [0.3, 0.4) is 0 Å². The highest BCUT2D eigenvalue weighted by atomic mass is 32.1. The molecular formula is C22H22N4O3S. The van der Waals surface area contributed by atoms with E-state index in [0.717, 1.165) is 29.1 Å². The van der Waals surface area contributed by atoms with E-state index >= 15 is 0 Å². The lowest BCUT2D eigenvalue weighted by Crippen LogP contribution is -2.25. The fraction of sp³-hybridized carbons (Fsp3) is 0.273. The third kappa shape index (κ3) is 4.83. The topological polar surface area (TPSA) is 97.2 Å². The zero-order valence-corrected chi connectivity index (χ0v) is 17.4. The van der Waals surface area contributed by atoms with E-state index in [1.807, 2.05) is 24.4 Å².